The Labute approximate surface area is 123 Å². The average Bonchev–Trinajstić information content (AvgIpc) is 2.41. The van der Waals surface area contributed by atoms with Crippen molar-refractivity contribution in [2.45, 2.75) is 19.4 Å². The van der Waals surface area contributed by atoms with E-state index in [0.717, 1.165) is 7.11 Å². The fourth-order valence-electron chi connectivity index (χ4n) is 1.72. The average molecular weight is 315 g/mol. The highest BCUT2D eigenvalue weighted by atomic mass is 32.2. The third-order valence-electron chi connectivity index (χ3n) is 2.85. The van der Waals surface area contributed by atoms with Crippen LogP contribution in [0, 0.1) is 6.92 Å². The largest absolute Gasteiger partial charge is 0.467 e. The fourth-order valence-corrected chi connectivity index (χ4v) is 2.26. The molecule has 1 aromatic carbocycles. The van der Waals surface area contributed by atoms with Gasteiger partial charge in [-0.15, -0.1) is 0 Å². The van der Waals surface area contributed by atoms with Crippen LogP contribution in [0.4, 0.5) is 0 Å². The summed E-state index contributed by atoms with van der Waals surface area (Å²) < 4.78 is 34.7. The lowest BCUT2D eigenvalue weighted by atomic mass is 10.1. The summed E-state index contributed by atoms with van der Waals surface area (Å²) in [5, 5.41) is 2.41. The van der Waals surface area contributed by atoms with Crippen LogP contribution in [0.3, 0.4) is 0 Å². The van der Waals surface area contributed by atoms with E-state index in [2.05, 4.69) is 10.1 Å². The lowest BCUT2D eigenvalue weighted by molar-refractivity contribution is -0.142. The molecule has 0 spiro atoms. The van der Waals surface area contributed by atoms with E-state index < -0.39 is 33.8 Å². The van der Waals surface area contributed by atoms with Crippen LogP contribution < -0.4 is 5.32 Å². The number of ether oxygens (including phenoxy) is 1. The fraction of sp³-hybridized carbons (Fsp3) is 0.385. The van der Waals surface area contributed by atoms with Gasteiger partial charge in [0.1, 0.15) is 6.04 Å². The van der Waals surface area contributed by atoms with Crippen molar-refractivity contribution >= 4 is 22.0 Å². The lowest BCUT2D eigenvalue weighted by Crippen LogP contribution is -2.42. The first kappa shape index (κ1) is 17.1. The molecule has 0 aliphatic heterocycles. The molecule has 0 aliphatic carbocycles. The van der Waals surface area contributed by atoms with Crippen LogP contribution >= 0.6 is 0 Å². The van der Waals surface area contributed by atoms with Gasteiger partial charge in [-0.3, -0.25) is 9.35 Å². The minimum atomic E-state index is -4.23. The van der Waals surface area contributed by atoms with Gasteiger partial charge in [-0.05, 0) is 25.0 Å². The summed E-state index contributed by atoms with van der Waals surface area (Å²) in [5.41, 5.74) is 1.09. The van der Waals surface area contributed by atoms with Crippen LogP contribution in [0.2, 0.25) is 0 Å². The van der Waals surface area contributed by atoms with Crippen molar-refractivity contribution in [3.05, 3.63) is 35.4 Å². The Hall–Kier alpha value is -1.93. The number of carbonyl (C=O) groups is 2. The number of rotatable bonds is 6. The first-order chi connectivity index (χ1) is 9.74. The number of nitrogens with one attached hydrogen (secondary N) is 1. The molecule has 0 radical (unpaired) electrons. The molecule has 0 fully saturated rings. The van der Waals surface area contributed by atoms with Crippen molar-refractivity contribution in [3.63, 3.8) is 0 Å². The number of amides is 1. The molecule has 0 saturated carbocycles. The normalized spacial score (nSPS) is 12.5. The van der Waals surface area contributed by atoms with Gasteiger partial charge in [-0.2, -0.15) is 8.42 Å². The molecular weight excluding hydrogens is 298 g/mol. The van der Waals surface area contributed by atoms with Crippen LogP contribution in [0.25, 0.3) is 0 Å². The molecule has 0 heterocycles. The monoisotopic (exact) mass is 315 g/mol. The molecular formula is C13H17NO6S. The van der Waals surface area contributed by atoms with Crippen LogP contribution in [0.5, 0.6) is 0 Å². The van der Waals surface area contributed by atoms with Crippen LogP contribution in [-0.2, 0) is 19.6 Å². The molecule has 2 N–H and O–H groups in total. The second-order valence-corrected chi connectivity index (χ2v) is 6.01. The number of hydrogen-bond donors (Lipinski definition) is 2. The van der Waals surface area contributed by atoms with E-state index in [9.17, 15) is 18.0 Å². The quantitative estimate of drug-likeness (QED) is 0.586. The Morgan fingerprint density at radius 2 is 1.95 bits per heavy atom. The van der Waals surface area contributed by atoms with Crippen molar-refractivity contribution < 1.29 is 27.3 Å². The van der Waals surface area contributed by atoms with Gasteiger partial charge in [-0.25, -0.2) is 4.79 Å². The first-order valence-electron chi connectivity index (χ1n) is 6.14. The van der Waals surface area contributed by atoms with E-state index in [1.165, 1.54) is 0 Å². The molecule has 0 aromatic heterocycles. The SMILES string of the molecule is COC(=O)[C@H](CCS(=O)(=O)O)NC(=O)c1ccccc1C. The highest BCUT2D eigenvalue weighted by molar-refractivity contribution is 7.85. The molecule has 1 rings (SSSR count). The smallest absolute Gasteiger partial charge is 0.328 e. The van der Waals surface area contributed by atoms with E-state index in [1.54, 1.807) is 31.2 Å². The Morgan fingerprint density at radius 3 is 2.48 bits per heavy atom. The van der Waals surface area contributed by atoms with Crippen molar-refractivity contribution in [2.24, 2.45) is 0 Å². The minimum Gasteiger partial charge on any atom is -0.467 e. The van der Waals surface area contributed by atoms with E-state index in [-0.39, 0.29) is 6.42 Å². The summed E-state index contributed by atoms with van der Waals surface area (Å²) in [7, 11) is -3.10. The number of aryl methyl sites for hydroxylation is 1. The molecule has 0 unspecified atom stereocenters. The van der Waals surface area contributed by atoms with Crippen LogP contribution in [-0.4, -0.2) is 43.8 Å². The predicted octanol–water partition coefficient (Wildman–Crippen LogP) is 0.544. The number of benzene rings is 1. The zero-order chi connectivity index (χ0) is 16.0. The molecule has 1 atom stereocenters. The molecule has 0 saturated heterocycles. The van der Waals surface area contributed by atoms with Crippen LogP contribution in [0.15, 0.2) is 24.3 Å². The van der Waals surface area contributed by atoms with Crippen LogP contribution in [0.1, 0.15) is 22.3 Å². The highest BCUT2D eigenvalue weighted by Crippen LogP contribution is 2.08. The molecule has 1 amide bonds. The third-order valence-corrected chi connectivity index (χ3v) is 3.60. The summed E-state index contributed by atoms with van der Waals surface area (Å²) in [4.78, 5) is 23.7. The Kier molecular flexibility index (Phi) is 5.86. The molecule has 0 aliphatic rings. The maximum atomic E-state index is 12.1. The molecule has 8 heteroatoms. The number of methoxy groups -OCH3 is 1. The molecule has 7 nitrogen and oxygen atoms in total. The van der Waals surface area contributed by atoms with E-state index >= 15 is 0 Å². The van der Waals surface area contributed by atoms with E-state index in [0.29, 0.717) is 11.1 Å². The standard InChI is InChI=1S/C13H17NO6S/c1-9-5-3-4-6-10(9)12(15)14-11(13(16)20-2)7-8-21(17,18)19/h3-6,11H,7-8H2,1-2H3,(H,14,15)(H,17,18,19)/t11-/m0/s1. The van der Waals surface area contributed by atoms with Gasteiger partial charge in [0.25, 0.3) is 16.0 Å². The van der Waals surface area contributed by atoms with Gasteiger partial charge in [0.05, 0.1) is 12.9 Å². The second-order valence-electron chi connectivity index (χ2n) is 4.44. The predicted molar refractivity (Wildman–Crippen MR) is 75.5 cm³/mol. The molecule has 1 aromatic rings. The molecule has 0 bridgehead atoms. The highest BCUT2D eigenvalue weighted by Gasteiger charge is 2.24. The summed E-state index contributed by atoms with van der Waals surface area (Å²) in [6, 6.07) is 5.61. The zero-order valence-corrected chi connectivity index (χ0v) is 12.5. The summed E-state index contributed by atoms with van der Waals surface area (Å²) in [5.74, 6) is -1.94. The first-order valence-corrected chi connectivity index (χ1v) is 7.75. The zero-order valence-electron chi connectivity index (χ0n) is 11.7. The number of carbonyl (C=O) groups excluding carboxylic acids is 2. The Morgan fingerprint density at radius 1 is 1.33 bits per heavy atom. The van der Waals surface area contributed by atoms with Crippen molar-refractivity contribution in [2.75, 3.05) is 12.9 Å². The van der Waals surface area contributed by atoms with Gasteiger partial charge in [-0.1, -0.05) is 18.2 Å². The van der Waals surface area contributed by atoms with Gasteiger partial charge in [0, 0.05) is 5.56 Å². The van der Waals surface area contributed by atoms with E-state index in [4.69, 9.17) is 4.55 Å². The van der Waals surface area contributed by atoms with E-state index in [1.807, 2.05) is 0 Å². The van der Waals surface area contributed by atoms with Crippen molar-refractivity contribution in [1.82, 2.24) is 5.32 Å². The summed E-state index contributed by atoms with van der Waals surface area (Å²) in [6.45, 7) is 1.74. The number of hydrogen-bond acceptors (Lipinski definition) is 5. The van der Waals surface area contributed by atoms with Crippen molar-refractivity contribution in [1.29, 1.82) is 0 Å². The summed E-state index contributed by atoms with van der Waals surface area (Å²) in [6.07, 6.45) is -0.275. The molecule has 21 heavy (non-hydrogen) atoms. The lowest BCUT2D eigenvalue weighted by Gasteiger charge is -2.16. The topological polar surface area (TPSA) is 110 Å². The van der Waals surface area contributed by atoms with Crippen molar-refractivity contribution in [3.8, 4) is 0 Å². The molecule has 116 valence electrons. The maximum absolute atomic E-state index is 12.1. The third kappa shape index (κ3) is 5.52. The van der Waals surface area contributed by atoms with Gasteiger partial charge in [0.2, 0.25) is 0 Å². The minimum absolute atomic E-state index is 0.275. The van der Waals surface area contributed by atoms with Gasteiger partial charge < -0.3 is 10.1 Å². The Bertz CT molecular complexity index is 625. The number of esters is 1. The second kappa shape index (κ2) is 7.19. The Balaban J connectivity index is 2.84. The van der Waals surface area contributed by atoms with Gasteiger partial charge >= 0.3 is 5.97 Å². The van der Waals surface area contributed by atoms with Gasteiger partial charge in [0.15, 0.2) is 0 Å². The maximum Gasteiger partial charge on any atom is 0.328 e. The summed E-state index contributed by atoms with van der Waals surface area (Å²) >= 11 is 0.